The van der Waals surface area contributed by atoms with Crippen LogP contribution in [0.15, 0.2) is 24.4 Å². The first-order valence-corrected chi connectivity index (χ1v) is 6.87. The van der Waals surface area contributed by atoms with E-state index in [-0.39, 0.29) is 0 Å². The zero-order valence-corrected chi connectivity index (χ0v) is 12.0. The molecule has 0 bridgehead atoms. The average Bonchev–Trinajstić information content (AvgIpc) is 2.81. The number of aryl methyl sites for hydroxylation is 3. The summed E-state index contributed by atoms with van der Waals surface area (Å²) in [5, 5.41) is 7.92. The average molecular weight is 280 g/mol. The molecule has 0 fully saturated rings. The zero-order valence-electron chi connectivity index (χ0n) is 11.3. The summed E-state index contributed by atoms with van der Waals surface area (Å²) in [5.74, 6) is 1.33. The van der Waals surface area contributed by atoms with Crippen molar-refractivity contribution in [3.8, 4) is 5.75 Å². The van der Waals surface area contributed by atoms with Crippen molar-refractivity contribution < 1.29 is 4.74 Å². The number of benzene rings is 1. The molecular formula is C14H18ClN3O. The number of alkyl halides is 1. The SMILES string of the molecule is Cc1cc(C)cc(OCCCn2cc(CCl)nn2)c1. The summed E-state index contributed by atoms with van der Waals surface area (Å²) >= 11 is 5.67. The van der Waals surface area contributed by atoms with Gasteiger partial charge in [-0.05, 0) is 37.1 Å². The number of nitrogens with zero attached hydrogens (tertiary/aromatic N) is 3. The van der Waals surface area contributed by atoms with Gasteiger partial charge in [0.25, 0.3) is 0 Å². The topological polar surface area (TPSA) is 39.9 Å². The molecule has 0 aliphatic carbocycles. The van der Waals surface area contributed by atoms with Gasteiger partial charge in [-0.3, -0.25) is 4.68 Å². The molecule has 1 aromatic heterocycles. The van der Waals surface area contributed by atoms with E-state index in [4.69, 9.17) is 16.3 Å². The van der Waals surface area contributed by atoms with Crippen LogP contribution in [-0.2, 0) is 12.4 Å². The quantitative estimate of drug-likeness (QED) is 0.602. The Hall–Kier alpha value is -1.55. The second kappa shape index (κ2) is 6.57. The Morgan fingerprint density at radius 3 is 2.58 bits per heavy atom. The number of hydrogen-bond donors (Lipinski definition) is 0. The number of hydrogen-bond acceptors (Lipinski definition) is 3. The highest BCUT2D eigenvalue weighted by atomic mass is 35.5. The molecule has 4 nitrogen and oxygen atoms in total. The first-order valence-electron chi connectivity index (χ1n) is 6.33. The molecule has 19 heavy (non-hydrogen) atoms. The maximum Gasteiger partial charge on any atom is 0.119 e. The van der Waals surface area contributed by atoms with Crippen molar-refractivity contribution >= 4 is 11.6 Å². The Balaban J connectivity index is 1.77. The van der Waals surface area contributed by atoms with E-state index in [1.54, 1.807) is 4.68 Å². The van der Waals surface area contributed by atoms with E-state index in [0.29, 0.717) is 12.5 Å². The highest BCUT2D eigenvalue weighted by molar-refractivity contribution is 6.16. The molecule has 0 spiro atoms. The van der Waals surface area contributed by atoms with Crippen molar-refractivity contribution in [1.29, 1.82) is 0 Å². The van der Waals surface area contributed by atoms with Gasteiger partial charge in [0.1, 0.15) is 5.75 Å². The number of rotatable bonds is 6. The van der Waals surface area contributed by atoms with Gasteiger partial charge in [-0.15, -0.1) is 16.7 Å². The molecule has 1 aromatic carbocycles. The summed E-state index contributed by atoms with van der Waals surface area (Å²) in [6.45, 7) is 5.60. The van der Waals surface area contributed by atoms with E-state index in [1.807, 2.05) is 18.3 Å². The second-order valence-electron chi connectivity index (χ2n) is 4.63. The second-order valence-corrected chi connectivity index (χ2v) is 4.90. The lowest BCUT2D eigenvalue weighted by Crippen LogP contribution is -2.05. The Labute approximate surface area is 118 Å². The van der Waals surface area contributed by atoms with Crippen LogP contribution in [0.1, 0.15) is 23.2 Å². The van der Waals surface area contributed by atoms with E-state index in [1.165, 1.54) is 11.1 Å². The Morgan fingerprint density at radius 2 is 1.95 bits per heavy atom. The molecule has 0 amide bonds. The third kappa shape index (κ3) is 4.24. The van der Waals surface area contributed by atoms with Crippen molar-refractivity contribution in [2.45, 2.75) is 32.7 Å². The molecule has 0 atom stereocenters. The van der Waals surface area contributed by atoms with Gasteiger partial charge in [0.05, 0.1) is 18.2 Å². The molecule has 0 unspecified atom stereocenters. The van der Waals surface area contributed by atoms with Gasteiger partial charge < -0.3 is 4.74 Å². The fraction of sp³-hybridized carbons (Fsp3) is 0.429. The Morgan fingerprint density at radius 1 is 1.21 bits per heavy atom. The van der Waals surface area contributed by atoms with Gasteiger partial charge in [0.2, 0.25) is 0 Å². The number of halogens is 1. The molecule has 2 rings (SSSR count). The van der Waals surface area contributed by atoms with Crippen LogP contribution in [0.5, 0.6) is 5.75 Å². The highest BCUT2D eigenvalue weighted by Gasteiger charge is 2.00. The third-order valence-electron chi connectivity index (χ3n) is 2.72. The van der Waals surface area contributed by atoms with Crippen LogP contribution in [0.25, 0.3) is 0 Å². The molecule has 102 valence electrons. The van der Waals surface area contributed by atoms with Crippen molar-refractivity contribution in [3.05, 3.63) is 41.2 Å². The van der Waals surface area contributed by atoms with Gasteiger partial charge in [-0.1, -0.05) is 11.3 Å². The minimum Gasteiger partial charge on any atom is -0.494 e. The van der Waals surface area contributed by atoms with Crippen molar-refractivity contribution in [2.24, 2.45) is 0 Å². The molecule has 0 saturated carbocycles. The summed E-state index contributed by atoms with van der Waals surface area (Å²) in [6, 6.07) is 6.23. The summed E-state index contributed by atoms with van der Waals surface area (Å²) in [4.78, 5) is 0. The number of ether oxygens (including phenoxy) is 1. The fourth-order valence-corrected chi connectivity index (χ4v) is 2.06. The van der Waals surface area contributed by atoms with Crippen LogP contribution < -0.4 is 4.74 Å². The molecular weight excluding hydrogens is 262 g/mol. The molecule has 0 saturated heterocycles. The van der Waals surface area contributed by atoms with E-state index >= 15 is 0 Å². The van der Waals surface area contributed by atoms with E-state index in [9.17, 15) is 0 Å². The maximum absolute atomic E-state index is 5.73. The molecule has 0 aliphatic heterocycles. The minimum atomic E-state index is 0.402. The predicted molar refractivity (Wildman–Crippen MR) is 75.6 cm³/mol. The van der Waals surface area contributed by atoms with Gasteiger partial charge in [-0.25, -0.2) is 0 Å². The molecule has 0 radical (unpaired) electrons. The molecule has 5 heteroatoms. The molecule has 2 aromatic rings. The van der Waals surface area contributed by atoms with Gasteiger partial charge in [0, 0.05) is 19.2 Å². The Kier molecular flexibility index (Phi) is 4.80. The summed E-state index contributed by atoms with van der Waals surface area (Å²) < 4.78 is 7.53. The van der Waals surface area contributed by atoms with E-state index in [0.717, 1.165) is 24.4 Å². The normalized spacial score (nSPS) is 10.7. The number of aromatic nitrogens is 3. The largest absolute Gasteiger partial charge is 0.494 e. The van der Waals surface area contributed by atoms with Crippen LogP contribution in [0.2, 0.25) is 0 Å². The highest BCUT2D eigenvalue weighted by Crippen LogP contribution is 2.16. The molecule has 1 heterocycles. The first-order chi connectivity index (χ1) is 9.17. The van der Waals surface area contributed by atoms with Crippen molar-refractivity contribution in [1.82, 2.24) is 15.0 Å². The van der Waals surface area contributed by atoms with E-state index in [2.05, 4.69) is 30.2 Å². The smallest absolute Gasteiger partial charge is 0.119 e. The standard InChI is InChI=1S/C14H18ClN3O/c1-11-6-12(2)8-14(7-11)19-5-3-4-18-10-13(9-15)16-17-18/h6-8,10H,3-5,9H2,1-2H3. The third-order valence-corrected chi connectivity index (χ3v) is 2.99. The van der Waals surface area contributed by atoms with Gasteiger partial charge >= 0.3 is 0 Å². The Bertz CT molecular complexity index is 519. The molecule has 0 N–H and O–H groups in total. The minimum absolute atomic E-state index is 0.402. The summed E-state index contributed by atoms with van der Waals surface area (Å²) in [7, 11) is 0. The monoisotopic (exact) mass is 279 g/mol. The summed E-state index contributed by atoms with van der Waals surface area (Å²) in [6.07, 6.45) is 2.75. The lowest BCUT2D eigenvalue weighted by Gasteiger charge is -2.08. The zero-order chi connectivity index (χ0) is 13.7. The lowest BCUT2D eigenvalue weighted by molar-refractivity contribution is 0.297. The van der Waals surface area contributed by atoms with Gasteiger partial charge in [-0.2, -0.15) is 0 Å². The van der Waals surface area contributed by atoms with Crippen molar-refractivity contribution in [3.63, 3.8) is 0 Å². The van der Waals surface area contributed by atoms with Crippen LogP contribution in [0.4, 0.5) is 0 Å². The van der Waals surface area contributed by atoms with E-state index < -0.39 is 0 Å². The van der Waals surface area contributed by atoms with Gasteiger partial charge in [0.15, 0.2) is 0 Å². The van der Waals surface area contributed by atoms with Crippen LogP contribution in [0, 0.1) is 13.8 Å². The summed E-state index contributed by atoms with van der Waals surface area (Å²) in [5.41, 5.74) is 3.24. The molecule has 0 aliphatic rings. The lowest BCUT2D eigenvalue weighted by atomic mass is 10.1. The predicted octanol–water partition coefficient (Wildman–Crippen LogP) is 3.10. The fourth-order valence-electron chi connectivity index (χ4n) is 1.94. The van der Waals surface area contributed by atoms with Crippen molar-refractivity contribution in [2.75, 3.05) is 6.61 Å². The van der Waals surface area contributed by atoms with Crippen LogP contribution in [-0.4, -0.2) is 21.6 Å². The van der Waals surface area contributed by atoms with Crippen LogP contribution in [0.3, 0.4) is 0 Å². The first kappa shape index (κ1) is 13.9. The maximum atomic E-state index is 5.73. The van der Waals surface area contributed by atoms with Crippen LogP contribution >= 0.6 is 11.6 Å².